The van der Waals surface area contributed by atoms with Crippen LogP contribution in [-0.2, 0) is 19.1 Å². The third-order valence-electron chi connectivity index (χ3n) is 3.89. The highest BCUT2D eigenvalue weighted by Gasteiger charge is 2.46. The summed E-state index contributed by atoms with van der Waals surface area (Å²) in [4.78, 5) is 48.0. The van der Waals surface area contributed by atoms with E-state index in [0.717, 1.165) is 0 Å². The van der Waals surface area contributed by atoms with E-state index in [1.165, 1.54) is 4.90 Å². The van der Waals surface area contributed by atoms with Crippen LogP contribution in [0.1, 0.15) is 35.0 Å². The summed E-state index contributed by atoms with van der Waals surface area (Å²) in [5, 5.41) is 10.9. The summed E-state index contributed by atoms with van der Waals surface area (Å²) in [6.45, 7) is -0.529. The minimum Gasteiger partial charge on any atom is -0.480 e. The highest BCUT2D eigenvalue weighted by atomic mass is 16.6. The largest absolute Gasteiger partial charge is 0.480 e. The Balaban J connectivity index is 1.85. The van der Waals surface area contributed by atoms with Gasteiger partial charge in [-0.25, -0.2) is 4.79 Å². The lowest BCUT2D eigenvalue weighted by atomic mass is 10.1. The van der Waals surface area contributed by atoms with Crippen molar-refractivity contribution in [3.63, 3.8) is 0 Å². The van der Waals surface area contributed by atoms with Crippen LogP contribution in [0, 0.1) is 0 Å². The molecule has 23 heavy (non-hydrogen) atoms. The van der Waals surface area contributed by atoms with Gasteiger partial charge in [0.25, 0.3) is 0 Å². The third-order valence-corrected chi connectivity index (χ3v) is 3.89. The standard InChI is InChI=1S/C15H14N2O6/c18-11-6-5-10(13(21)16-7-12(19)20)17(11)14-8-3-1-2-4-9(8)15(22)23-14/h1-4,10,14H,5-7H2,(H,16,21)(H,19,20)/t10-,14?/m0/s1. The molecule has 120 valence electrons. The van der Waals surface area contributed by atoms with Gasteiger partial charge in [-0.05, 0) is 12.5 Å². The maximum atomic E-state index is 12.2. The molecule has 2 atom stereocenters. The number of carbonyl (C=O) groups is 4. The lowest BCUT2D eigenvalue weighted by molar-refractivity contribution is -0.146. The van der Waals surface area contributed by atoms with E-state index in [1.54, 1.807) is 24.3 Å². The number of carbonyl (C=O) groups excluding carboxylic acids is 3. The number of nitrogens with one attached hydrogen (secondary N) is 1. The Hall–Kier alpha value is -2.90. The normalized spacial score (nSPS) is 22.7. The first kappa shape index (κ1) is 15.0. The molecular formula is C15H14N2O6. The SMILES string of the molecule is O=C(O)CNC(=O)[C@@H]1CCC(=O)N1C1OC(=O)c2ccccc21. The van der Waals surface area contributed by atoms with Crippen LogP contribution in [0.3, 0.4) is 0 Å². The molecule has 1 fully saturated rings. The monoisotopic (exact) mass is 318 g/mol. The average molecular weight is 318 g/mol. The van der Waals surface area contributed by atoms with Gasteiger partial charge in [-0.1, -0.05) is 18.2 Å². The number of esters is 1. The van der Waals surface area contributed by atoms with Gasteiger partial charge in [-0.3, -0.25) is 19.3 Å². The van der Waals surface area contributed by atoms with Crippen LogP contribution in [-0.4, -0.2) is 46.3 Å². The molecule has 2 aliphatic heterocycles. The molecule has 0 spiro atoms. The van der Waals surface area contributed by atoms with Crippen LogP contribution in [0.4, 0.5) is 0 Å². The van der Waals surface area contributed by atoms with E-state index < -0.39 is 36.7 Å². The maximum Gasteiger partial charge on any atom is 0.340 e. The summed E-state index contributed by atoms with van der Waals surface area (Å²) in [6, 6.07) is 5.81. The maximum absolute atomic E-state index is 12.2. The first-order valence-corrected chi connectivity index (χ1v) is 7.09. The van der Waals surface area contributed by atoms with Crippen molar-refractivity contribution in [2.24, 2.45) is 0 Å². The third kappa shape index (κ3) is 2.63. The van der Waals surface area contributed by atoms with E-state index in [9.17, 15) is 19.2 Å². The molecule has 8 nitrogen and oxygen atoms in total. The average Bonchev–Trinajstić information content (AvgIpc) is 3.06. The Morgan fingerprint density at radius 2 is 2.04 bits per heavy atom. The van der Waals surface area contributed by atoms with E-state index >= 15 is 0 Å². The molecule has 8 heteroatoms. The number of hydrogen-bond donors (Lipinski definition) is 2. The first-order chi connectivity index (χ1) is 11.0. The van der Waals surface area contributed by atoms with Crippen molar-refractivity contribution in [2.45, 2.75) is 25.1 Å². The zero-order valence-corrected chi connectivity index (χ0v) is 12.0. The van der Waals surface area contributed by atoms with Gasteiger partial charge in [-0.15, -0.1) is 0 Å². The first-order valence-electron chi connectivity index (χ1n) is 7.09. The molecule has 0 aromatic heterocycles. The number of nitrogens with zero attached hydrogens (tertiary/aromatic N) is 1. The number of rotatable bonds is 4. The number of fused-ring (bicyclic) bond motifs is 1. The molecule has 1 saturated heterocycles. The number of likely N-dealkylation sites (tertiary alicyclic amines) is 1. The summed E-state index contributed by atoms with van der Waals surface area (Å²) in [5.41, 5.74) is 0.894. The fraction of sp³-hybridized carbons (Fsp3) is 0.333. The topological polar surface area (TPSA) is 113 Å². The number of aliphatic carboxylic acids is 1. The summed E-state index contributed by atoms with van der Waals surface area (Å²) in [5.74, 6) is -2.60. The quantitative estimate of drug-likeness (QED) is 0.758. The van der Waals surface area contributed by atoms with E-state index in [2.05, 4.69) is 5.32 Å². The molecule has 1 aromatic carbocycles. The summed E-state index contributed by atoms with van der Waals surface area (Å²) < 4.78 is 5.26. The van der Waals surface area contributed by atoms with Gasteiger partial charge in [0.05, 0.1) is 5.56 Å². The van der Waals surface area contributed by atoms with Gasteiger partial charge in [-0.2, -0.15) is 0 Å². The van der Waals surface area contributed by atoms with Crippen LogP contribution in [0.2, 0.25) is 0 Å². The van der Waals surface area contributed by atoms with Gasteiger partial charge in [0, 0.05) is 12.0 Å². The second-order valence-corrected chi connectivity index (χ2v) is 5.31. The van der Waals surface area contributed by atoms with Gasteiger partial charge < -0.3 is 15.2 Å². The predicted octanol–water partition coefficient (Wildman–Crippen LogP) is 0.0474. The van der Waals surface area contributed by atoms with E-state index in [0.29, 0.717) is 11.1 Å². The second kappa shape index (κ2) is 5.71. The number of amides is 2. The summed E-state index contributed by atoms with van der Waals surface area (Å²) in [6.07, 6.45) is -0.559. The van der Waals surface area contributed by atoms with Crippen LogP contribution < -0.4 is 5.32 Å². The minimum absolute atomic E-state index is 0.140. The van der Waals surface area contributed by atoms with Crippen molar-refractivity contribution in [3.8, 4) is 0 Å². The molecule has 2 N–H and O–H groups in total. The lowest BCUT2D eigenvalue weighted by Crippen LogP contribution is -2.47. The smallest absolute Gasteiger partial charge is 0.340 e. The Labute approximate surface area is 131 Å². The Bertz CT molecular complexity index is 701. The van der Waals surface area contributed by atoms with Gasteiger partial charge in [0.1, 0.15) is 12.6 Å². The van der Waals surface area contributed by atoms with Crippen molar-refractivity contribution in [3.05, 3.63) is 35.4 Å². The molecule has 2 amide bonds. The number of hydrogen-bond acceptors (Lipinski definition) is 5. The van der Waals surface area contributed by atoms with Crippen molar-refractivity contribution in [1.29, 1.82) is 0 Å². The number of carboxylic acid groups (broad SMARTS) is 1. The van der Waals surface area contributed by atoms with Crippen LogP contribution in [0.25, 0.3) is 0 Å². The zero-order valence-electron chi connectivity index (χ0n) is 12.0. The number of cyclic esters (lactones) is 1. The Morgan fingerprint density at radius 3 is 2.78 bits per heavy atom. The molecule has 0 bridgehead atoms. The number of benzene rings is 1. The van der Waals surface area contributed by atoms with E-state index in [-0.39, 0.29) is 18.7 Å². The van der Waals surface area contributed by atoms with E-state index in [1.807, 2.05) is 0 Å². The molecule has 2 aliphatic rings. The second-order valence-electron chi connectivity index (χ2n) is 5.31. The fourth-order valence-corrected chi connectivity index (χ4v) is 2.87. The number of ether oxygens (including phenoxy) is 1. The fourth-order valence-electron chi connectivity index (χ4n) is 2.87. The molecule has 2 heterocycles. The van der Waals surface area contributed by atoms with Gasteiger partial charge in [0.2, 0.25) is 18.0 Å². The molecule has 1 aromatic rings. The lowest BCUT2D eigenvalue weighted by Gasteiger charge is -2.29. The van der Waals surface area contributed by atoms with Crippen molar-refractivity contribution in [1.82, 2.24) is 10.2 Å². The molecule has 0 saturated carbocycles. The summed E-state index contributed by atoms with van der Waals surface area (Å²) >= 11 is 0. The van der Waals surface area contributed by atoms with Crippen LogP contribution in [0.15, 0.2) is 24.3 Å². The van der Waals surface area contributed by atoms with E-state index in [4.69, 9.17) is 9.84 Å². The molecule has 3 rings (SSSR count). The van der Waals surface area contributed by atoms with Crippen LogP contribution in [0.5, 0.6) is 0 Å². The van der Waals surface area contributed by atoms with Crippen molar-refractivity contribution >= 4 is 23.8 Å². The highest BCUT2D eigenvalue weighted by Crippen LogP contribution is 2.38. The van der Waals surface area contributed by atoms with Crippen LogP contribution >= 0.6 is 0 Å². The zero-order chi connectivity index (χ0) is 16.6. The Kier molecular flexibility index (Phi) is 3.73. The number of carboxylic acids is 1. The van der Waals surface area contributed by atoms with Gasteiger partial charge in [0.15, 0.2) is 0 Å². The molecule has 0 aliphatic carbocycles. The molecule has 0 radical (unpaired) electrons. The van der Waals surface area contributed by atoms with Gasteiger partial charge >= 0.3 is 11.9 Å². The molecule has 1 unspecified atom stereocenters. The molecular weight excluding hydrogens is 304 g/mol. The predicted molar refractivity (Wildman–Crippen MR) is 75.1 cm³/mol. The summed E-state index contributed by atoms with van der Waals surface area (Å²) in [7, 11) is 0. The van der Waals surface area contributed by atoms with Crippen molar-refractivity contribution in [2.75, 3.05) is 6.54 Å². The van der Waals surface area contributed by atoms with Crippen molar-refractivity contribution < 1.29 is 29.0 Å². The minimum atomic E-state index is -1.17. The Morgan fingerprint density at radius 1 is 1.30 bits per heavy atom. The highest BCUT2D eigenvalue weighted by molar-refractivity contribution is 5.96.